The number of hydrogen-bond acceptors (Lipinski definition) is 2. The van der Waals surface area contributed by atoms with E-state index in [9.17, 15) is 4.79 Å². The van der Waals surface area contributed by atoms with Crippen LogP contribution < -0.4 is 11.1 Å². The third-order valence-electron chi connectivity index (χ3n) is 2.04. The van der Waals surface area contributed by atoms with Gasteiger partial charge in [-0.3, -0.25) is 4.79 Å². The molecule has 0 saturated carbocycles. The lowest BCUT2D eigenvalue weighted by Gasteiger charge is -2.10. The number of benzene rings is 1. The average molecular weight is 192 g/mol. The topological polar surface area (TPSA) is 55.1 Å². The Balaban J connectivity index is 2.86. The zero-order valence-corrected chi connectivity index (χ0v) is 8.79. The number of aryl methyl sites for hydroxylation is 1. The van der Waals surface area contributed by atoms with Crippen LogP contribution in [0.3, 0.4) is 0 Å². The standard InChI is InChI=1S/C11H16N2O/c1-7(2)11(14)13-10-6-9(12)5-4-8(10)3/h4-7H,12H2,1-3H3,(H,13,14). The molecule has 0 fully saturated rings. The molecule has 1 aromatic carbocycles. The summed E-state index contributed by atoms with van der Waals surface area (Å²) in [5.74, 6) is -0.00506. The molecule has 1 aromatic rings. The van der Waals surface area contributed by atoms with Crippen LogP contribution in [0.25, 0.3) is 0 Å². The average Bonchev–Trinajstić information content (AvgIpc) is 2.11. The normalized spacial score (nSPS) is 10.3. The molecule has 0 atom stereocenters. The van der Waals surface area contributed by atoms with Gasteiger partial charge >= 0.3 is 0 Å². The highest BCUT2D eigenvalue weighted by molar-refractivity contribution is 5.93. The van der Waals surface area contributed by atoms with Crippen molar-refractivity contribution in [3.8, 4) is 0 Å². The highest BCUT2D eigenvalue weighted by Crippen LogP contribution is 2.18. The van der Waals surface area contributed by atoms with Crippen LogP contribution in [0, 0.1) is 12.8 Å². The summed E-state index contributed by atoms with van der Waals surface area (Å²) < 4.78 is 0. The minimum Gasteiger partial charge on any atom is -0.399 e. The Morgan fingerprint density at radius 3 is 2.64 bits per heavy atom. The van der Waals surface area contributed by atoms with E-state index in [1.807, 2.05) is 32.9 Å². The highest BCUT2D eigenvalue weighted by Gasteiger charge is 2.08. The fourth-order valence-corrected chi connectivity index (χ4v) is 1.05. The van der Waals surface area contributed by atoms with Crippen LogP contribution >= 0.6 is 0 Å². The first kappa shape index (κ1) is 10.6. The number of carbonyl (C=O) groups excluding carboxylic acids is 1. The molecule has 3 nitrogen and oxygen atoms in total. The van der Waals surface area contributed by atoms with Crippen molar-refractivity contribution in [2.24, 2.45) is 5.92 Å². The van der Waals surface area contributed by atoms with E-state index in [0.29, 0.717) is 5.69 Å². The first-order chi connectivity index (χ1) is 6.50. The number of nitrogens with two attached hydrogens (primary N) is 1. The van der Waals surface area contributed by atoms with E-state index in [0.717, 1.165) is 11.3 Å². The lowest BCUT2D eigenvalue weighted by atomic mass is 10.1. The summed E-state index contributed by atoms with van der Waals surface area (Å²) in [6, 6.07) is 5.49. The van der Waals surface area contributed by atoms with Crippen LogP contribution in [0.4, 0.5) is 11.4 Å². The van der Waals surface area contributed by atoms with E-state index in [-0.39, 0.29) is 11.8 Å². The SMILES string of the molecule is Cc1ccc(N)cc1NC(=O)C(C)C. The van der Waals surface area contributed by atoms with Crippen molar-refractivity contribution >= 4 is 17.3 Å². The molecule has 76 valence electrons. The number of hydrogen-bond donors (Lipinski definition) is 2. The zero-order chi connectivity index (χ0) is 10.7. The van der Waals surface area contributed by atoms with Gasteiger partial charge < -0.3 is 11.1 Å². The summed E-state index contributed by atoms with van der Waals surface area (Å²) >= 11 is 0. The van der Waals surface area contributed by atoms with Gasteiger partial charge in [-0.15, -0.1) is 0 Å². The molecule has 3 heteroatoms. The van der Waals surface area contributed by atoms with Gasteiger partial charge in [-0.05, 0) is 24.6 Å². The summed E-state index contributed by atoms with van der Waals surface area (Å²) in [6.45, 7) is 5.66. The first-order valence-corrected chi connectivity index (χ1v) is 4.67. The second-order valence-corrected chi connectivity index (χ2v) is 3.72. The van der Waals surface area contributed by atoms with Crippen molar-refractivity contribution in [2.45, 2.75) is 20.8 Å². The maximum Gasteiger partial charge on any atom is 0.226 e. The summed E-state index contributed by atoms with van der Waals surface area (Å²) in [5, 5.41) is 2.83. The Labute approximate surface area is 84.3 Å². The van der Waals surface area contributed by atoms with Crippen molar-refractivity contribution in [2.75, 3.05) is 11.1 Å². The molecule has 0 unspecified atom stereocenters. The second kappa shape index (κ2) is 4.13. The monoisotopic (exact) mass is 192 g/mol. The van der Waals surface area contributed by atoms with Gasteiger partial charge in [0.2, 0.25) is 5.91 Å². The zero-order valence-electron chi connectivity index (χ0n) is 8.79. The number of amides is 1. The number of anilines is 2. The van der Waals surface area contributed by atoms with Crippen LogP contribution in [0.1, 0.15) is 19.4 Å². The molecule has 3 N–H and O–H groups in total. The van der Waals surface area contributed by atoms with Gasteiger partial charge in [-0.25, -0.2) is 0 Å². The fourth-order valence-electron chi connectivity index (χ4n) is 1.05. The van der Waals surface area contributed by atoms with Crippen molar-refractivity contribution in [1.82, 2.24) is 0 Å². The van der Waals surface area contributed by atoms with E-state index in [2.05, 4.69) is 5.32 Å². The van der Waals surface area contributed by atoms with Gasteiger partial charge in [0.25, 0.3) is 0 Å². The summed E-state index contributed by atoms with van der Waals surface area (Å²) in [5.41, 5.74) is 8.11. The Morgan fingerprint density at radius 1 is 1.43 bits per heavy atom. The van der Waals surface area contributed by atoms with Crippen molar-refractivity contribution in [3.63, 3.8) is 0 Å². The Hall–Kier alpha value is -1.51. The molecule has 0 heterocycles. The van der Waals surface area contributed by atoms with Crippen molar-refractivity contribution in [3.05, 3.63) is 23.8 Å². The molecule has 14 heavy (non-hydrogen) atoms. The van der Waals surface area contributed by atoms with E-state index >= 15 is 0 Å². The number of nitrogen functional groups attached to an aromatic ring is 1. The molecule has 0 aliphatic carbocycles. The molecule has 0 spiro atoms. The van der Waals surface area contributed by atoms with Crippen molar-refractivity contribution in [1.29, 1.82) is 0 Å². The molecule has 0 aliphatic heterocycles. The Bertz CT molecular complexity index is 345. The maximum absolute atomic E-state index is 11.4. The van der Waals surface area contributed by atoms with Gasteiger partial charge in [0.1, 0.15) is 0 Å². The lowest BCUT2D eigenvalue weighted by molar-refractivity contribution is -0.118. The van der Waals surface area contributed by atoms with Crippen LogP contribution in [0.5, 0.6) is 0 Å². The molecular formula is C11H16N2O. The van der Waals surface area contributed by atoms with Gasteiger partial charge in [0, 0.05) is 17.3 Å². The number of carbonyl (C=O) groups is 1. The van der Waals surface area contributed by atoms with Gasteiger partial charge in [0.15, 0.2) is 0 Å². The van der Waals surface area contributed by atoms with Crippen molar-refractivity contribution < 1.29 is 4.79 Å². The predicted molar refractivity (Wildman–Crippen MR) is 59.1 cm³/mol. The second-order valence-electron chi connectivity index (χ2n) is 3.72. The third-order valence-corrected chi connectivity index (χ3v) is 2.04. The maximum atomic E-state index is 11.4. The summed E-state index contributed by atoms with van der Waals surface area (Å²) in [4.78, 5) is 11.4. The molecule has 0 radical (unpaired) electrons. The minimum absolute atomic E-state index is 0.0127. The molecule has 0 aliphatic rings. The molecule has 1 amide bonds. The predicted octanol–water partition coefficient (Wildman–Crippen LogP) is 2.17. The molecule has 0 saturated heterocycles. The van der Waals surface area contributed by atoms with Crippen LogP contribution in [0.15, 0.2) is 18.2 Å². The number of rotatable bonds is 2. The Morgan fingerprint density at radius 2 is 2.07 bits per heavy atom. The van der Waals surface area contributed by atoms with Crippen LogP contribution in [-0.4, -0.2) is 5.91 Å². The molecule has 1 rings (SSSR count). The van der Waals surface area contributed by atoms with Crippen LogP contribution in [0.2, 0.25) is 0 Å². The van der Waals surface area contributed by atoms with Gasteiger partial charge in [-0.2, -0.15) is 0 Å². The van der Waals surface area contributed by atoms with Gasteiger partial charge in [-0.1, -0.05) is 19.9 Å². The van der Waals surface area contributed by atoms with E-state index < -0.39 is 0 Å². The quantitative estimate of drug-likeness (QED) is 0.705. The highest BCUT2D eigenvalue weighted by atomic mass is 16.1. The molecule has 0 aromatic heterocycles. The smallest absolute Gasteiger partial charge is 0.226 e. The minimum atomic E-state index is -0.0177. The van der Waals surface area contributed by atoms with E-state index in [1.165, 1.54) is 0 Å². The summed E-state index contributed by atoms with van der Waals surface area (Å²) in [6.07, 6.45) is 0. The third kappa shape index (κ3) is 2.49. The Kier molecular flexibility index (Phi) is 3.12. The summed E-state index contributed by atoms with van der Waals surface area (Å²) in [7, 11) is 0. The molecule has 0 bridgehead atoms. The largest absolute Gasteiger partial charge is 0.399 e. The first-order valence-electron chi connectivity index (χ1n) is 4.67. The van der Waals surface area contributed by atoms with Crippen LogP contribution in [-0.2, 0) is 4.79 Å². The fraction of sp³-hybridized carbons (Fsp3) is 0.364. The van der Waals surface area contributed by atoms with E-state index in [4.69, 9.17) is 5.73 Å². The molecular weight excluding hydrogens is 176 g/mol. The lowest BCUT2D eigenvalue weighted by Crippen LogP contribution is -2.18. The van der Waals surface area contributed by atoms with Gasteiger partial charge in [0.05, 0.1) is 0 Å². The number of nitrogens with one attached hydrogen (secondary N) is 1. The van der Waals surface area contributed by atoms with E-state index in [1.54, 1.807) is 6.07 Å².